The van der Waals surface area contributed by atoms with Crippen molar-refractivity contribution < 1.29 is 4.74 Å². The van der Waals surface area contributed by atoms with Crippen LogP contribution in [0.2, 0.25) is 0 Å². The average molecular weight is 455 g/mol. The van der Waals surface area contributed by atoms with Crippen LogP contribution in [-0.4, -0.2) is 61.7 Å². The van der Waals surface area contributed by atoms with Crippen LogP contribution in [0.5, 0.6) is 5.75 Å². The van der Waals surface area contributed by atoms with E-state index in [0.717, 1.165) is 64.5 Å². The standard InChI is InChI=1S/C18H26IN5O/c1-5-24-8-6-12(7-9-24)20-17-13-10-16(25-4)14(19)11-15(13)21-18(22-17)23(2)3/h10-12H,5-9H2,1-4H3,(H,20,21,22). The number of ether oxygens (including phenoxy) is 1. The first-order valence-electron chi connectivity index (χ1n) is 8.73. The van der Waals surface area contributed by atoms with Gasteiger partial charge in [-0.25, -0.2) is 4.98 Å². The summed E-state index contributed by atoms with van der Waals surface area (Å²) in [4.78, 5) is 13.9. The van der Waals surface area contributed by atoms with E-state index >= 15 is 0 Å². The first kappa shape index (κ1) is 18.4. The first-order valence-corrected chi connectivity index (χ1v) is 9.81. The minimum Gasteiger partial charge on any atom is -0.496 e. The number of fused-ring (bicyclic) bond motifs is 1. The maximum Gasteiger partial charge on any atom is 0.227 e. The van der Waals surface area contributed by atoms with E-state index in [0.29, 0.717) is 6.04 Å². The summed E-state index contributed by atoms with van der Waals surface area (Å²) >= 11 is 2.29. The number of nitrogens with one attached hydrogen (secondary N) is 1. The van der Waals surface area contributed by atoms with Gasteiger partial charge in [-0.15, -0.1) is 0 Å². The van der Waals surface area contributed by atoms with Gasteiger partial charge in [-0.2, -0.15) is 4.98 Å². The van der Waals surface area contributed by atoms with Gasteiger partial charge in [0, 0.05) is 38.6 Å². The number of piperidine rings is 1. The summed E-state index contributed by atoms with van der Waals surface area (Å²) in [5.74, 6) is 2.48. The molecule has 0 radical (unpaired) electrons. The second kappa shape index (κ2) is 7.90. The Labute approximate surface area is 163 Å². The van der Waals surface area contributed by atoms with E-state index < -0.39 is 0 Å². The molecule has 136 valence electrons. The van der Waals surface area contributed by atoms with Gasteiger partial charge < -0.3 is 19.9 Å². The molecule has 1 N–H and O–H groups in total. The molecule has 1 aromatic heterocycles. The first-order chi connectivity index (χ1) is 12.0. The Morgan fingerprint density at radius 3 is 2.60 bits per heavy atom. The van der Waals surface area contributed by atoms with Gasteiger partial charge in [0.2, 0.25) is 5.95 Å². The lowest BCUT2D eigenvalue weighted by Crippen LogP contribution is -2.39. The second-order valence-corrected chi connectivity index (χ2v) is 7.79. The molecule has 25 heavy (non-hydrogen) atoms. The molecule has 0 unspecified atom stereocenters. The number of rotatable bonds is 5. The number of anilines is 2. The Kier molecular flexibility index (Phi) is 5.83. The molecule has 2 aromatic rings. The monoisotopic (exact) mass is 455 g/mol. The van der Waals surface area contributed by atoms with E-state index in [-0.39, 0.29) is 0 Å². The van der Waals surface area contributed by atoms with Crippen LogP contribution in [-0.2, 0) is 0 Å². The van der Waals surface area contributed by atoms with Crippen LogP contribution < -0.4 is 15.0 Å². The van der Waals surface area contributed by atoms with Gasteiger partial charge in [-0.3, -0.25) is 0 Å². The van der Waals surface area contributed by atoms with Gasteiger partial charge in [-0.1, -0.05) is 6.92 Å². The molecule has 3 rings (SSSR count). The van der Waals surface area contributed by atoms with Crippen molar-refractivity contribution in [1.29, 1.82) is 0 Å². The maximum atomic E-state index is 5.50. The number of aromatic nitrogens is 2. The van der Waals surface area contributed by atoms with Gasteiger partial charge in [0.25, 0.3) is 0 Å². The van der Waals surface area contributed by atoms with E-state index in [4.69, 9.17) is 14.7 Å². The molecule has 0 saturated carbocycles. The Morgan fingerprint density at radius 2 is 2.00 bits per heavy atom. The fraction of sp³-hybridized carbons (Fsp3) is 0.556. The number of hydrogen-bond donors (Lipinski definition) is 1. The minimum atomic E-state index is 0.446. The van der Waals surface area contributed by atoms with Crippen molar-refractivity contribution in [3.8, 4) is 5.75 Å². The summed E-state index contributed by atoms with van der Waals surface area (Å²) in [6.07, 6.45) is 2.27. The molecule has 0 amide bonds. The smallest absolute Gasteiger partial charge is 0.227 e. The van der Waals surface area contributed by atoms with Crippen molar-refractivity contribution in [3.05, 3.63) is 15.7 Å². The summed E-state index contributed by atoms with van der Waals surface area (Å²) < 4.78 is 6.55. The molecule has 2 heterocycles. The maximum absolute atomic E-state index is 5.50. The number of nitrogens with zero attached hydrogens (tertiary/aromatic N) is 4. The Bertz CT molecular complexity index is 744. The molecule has 0 atom stereocenters. The number of methoxy groups -OCH3 is 1. The van der Waals surface area contributed by atoms with Crippen LogP contribution in [0.4, 0.5) is 11.8 Å². The minimum absolute atomic E-state index is 0.446. The zero-order valence-corrected chi connectivity index (χ0v) is 17.5. The largest absolute Gasteiger partial charge is 0.496 e. The van der Waals surface area contributed by atoms with Crippen LogP contribution in [0.1, 0.15) is 19.8 Å². The van der Waals surface area contributed by atoms with Crippen LogP contribution in [0.3, 0.4) is 0 Å². The van der Waals surface area contributed by atoms with Crippen LogP contribution in [0.15, 0.2) is 12.1 Å². The van der Waals surface area contributed by atoms with Gasteiger partial charge in [0.05, 0.1) is 16.2 Å². The number of hydrogen-bond acceptors (Lipinski definition) is 6. The molecular weight excluding hydrogens is 429 g/mol. The highest BCUT2D eigenvalue weighted by molar-refractivity contribution is 14.1. The topological polar surface area (TPSA) is 53.5 Å². The second-order valence-electron chi connectivity index (χ2n) is 6.62. The lowest BCUT2D eigenvalue weighted by atomic mass is 10.0. The van der Waals surface area contributed by atoms with E-state index in [1.165, 1.54) is 0 Å². The lowest BCUT2D eigenvalue weighted by molar-refractivity contribution is 0.229. The number of likely N-dealkylation sites (tertiary alicyclic amines) is 1. The van der Waals surface area contributed by atoms with E-state index in [1.54, 1.807) is 7.11 Å². The molecule has 0 bridgehead atoms. The van der Waals surface area contributed by atoms with Gasteiger partial charge in [0.1, 0.15) is 11.6 Å². The molecule has 1 aliphatic rings. The summed E-state index contributed by atoms with van der Waals surface area (Å²) in [5.41, 5.74) is 0.942. The van der Waals surface area contributed by atoms with Crippen molar-refractivity contribution in [3.63, 3.8) is 0 Å². The average Bonchev–Trinajstić information content (AvgIpc) is 2.61. The summed E-state index contributed by atoms with van der Waals surface area (Å²) in [7, 11) is 5.64. The number of halogens is 1. The summed E-state index contributed by atoms with van der Waals surface area (Å²) in [6, 6.07) is 4.55. The van der Waals surface area contributed by atoms with Gasteiger partial charge in [-0.05, 0) is 54.1 Å². The molecule has 1 aromatic carbocycles. The highest BCUT2D eigenvalue weighted by Crippen LogP contribution is 2.32. The molecule has 1 aliphatic heterocycles. The van der Waals surface area contributed by atoms with Crippen molar-refractivity contribution in [2.45, 2.75) is 25.8 Å². The SMILES string of the molecule is CCN1CCC(Nc2nc(N(C)C)nc3cc(I)c(OC)cc23)CC1. The number of benzene rings is 1. The third kappa shape index (κ3) is 4.08. The van der Waals surface area contributed by atoms with Gasteiger partial charge >= 0.3 is 0 Å². The zero-order valence-electron chi connectivity index (χ0n) is 15.3. The van der Waals surface area contributed by atoms with Crippen LogP contribution >= 0.6 is 22.6 Å². The van der Waals surface area contributed by atoms with Crippen molar-refractivity contribution in [2.24, 2.45) is 0 Å². The molecule has 0 aliphatic carbocycles. The van der Waals surface area contributed by atoms with Crippen LogP contribution in [0, 0.1) is 3.57 Å². The van der Waals surface area contributed by atoms with E-state index in [1.807, 2.05) is 25.1 Å². The molecule has 0 spiro atoms. The van der Waals surface area contributed by atoms with Crippen molar-refractivity contribution >= 4 is 45.3 Å². The summed E-state index contributed by atoms with van der Waals surface area (Å²) in [6.45, 7) is 5.63. The van der Waals surface area contributed by atoms with Crippen molar-refractivity contribution in [2.75, 3.05) is 51.1 Å². The van der Waals surface area contributed by atoms with Crippen molar-refractivity contribution in [1.82, 2.24) is 14.9 Å². The highest BCUT2D eigenvalue weighted by atomic mass is 127. The normalized spacial score (nSPS) is 16.2. The molecule has 1 saturated heterocycles. The van der Waals surface area contributed by atoms with E-state index in [9.17, 15) is 0 Å². The molecule has 6 nitrogen and oxygen atoms in total. The lowest BCUT2D eigenvalue weighted by Gasteiger charge is -2.32. The molecule has 7 heteroatoms. The predicted octanol–water partition coefficient (Wildman–Crippen LogP) is 3.21. The third-order valence-electron chi connectivity index (χ3n) is 4.73. The molecule has 1 fully saturated rings. The fourth-order valence-corrected chi connectivity index (χ4v) is 3.84. The Hall–Kier alpha value is -1.35. The summed E-state index contributed by atoms with van der Waals surface area (Å²) in [5, 5.41) is 4.69. The Morgan fingerprint density at radius 1 is 1.28 bits per heavy atom. The third-order valence-corrected chi connectivity index (χ3v) is 5.58. The zero-order chi connectivity index (χ0) is 18.0. The predicted molar refractivity (Wildman–Crippen MR) is 112 cm³/mol. The highest BCUT2D eigenvalue weighted by Gasteiger charge is 2.20. The van der Waals surface area contributed by atoms with Crippen LogP contribution in [0.25, 0.3) is 10.9 Å². The fourth-order valence-electron chi connectivity index (χ4n) is 3.17. The van der Waals surface area contributed by atoms with Gasteiger partial charge in [0.15, 0.2) is 0 Å². The molecular formula is C18H26IN5O. The Balaban J connectivity index is 1.96. The quantitative estimate of drug-likeness (QED) is 0.700. The van der Waals surface area contributed by atoms with E-state index in [2.05, 4.69) is 45.8 Å².